The van der Waals surface area contributed by atoms with Crippen molar-refractivity contribution in [2.45, 2.75) is 0 Å². The highest BCUT2D eigenvalue weighted by Crippen LogP contribution is 2.25. The molecule has 0 N–H and O–H groups in total. The van der Waals surface area contributed by atoms with Crippen LogP contribution in [0.25, 0.3) is 0 Å². The van der Waals surface area contributed by atoms with Crippen LogP contribution in [0.3, 0.4) is 0 Å². The van der Waals surface area contributed by atoms with Gasteiger partial charge in [0.1, 0.15) is 5.69 Å². The summed E-state index contributed by atoms with van der Waals surface area (Å²) in [6.07, 6.45) is 0. The number of rotatable bonds is 4. The molecule has 0 heterocycles. The van der Waals surface area contributed by atoms with E-state index in [0.717, 1.165) is 18.2 Å². The third-order valence-corrected chi connectivity index (χ3v) is 2.94. The number of allylic oxidation sites excluding steroid dienone is 1. The van der Waals surface area contributed by atoms with E-state index in [-0.39, 0.29) is 5.56 Å². The lowest BCUT2D eigenvalue weighted by atomic mass is 10.1. The van der Waals surface area contributed by atoms with Crippen molar-refractivity contribution in [2.75, 3.05) is 5.12 Å². The van der Waals surface area contributed by atoms with E-state index < -0.39 is 45.8 Å². The summed E-state index contributed by atoms with van der Waals surface area (Å²) in [5.41, 5.74) is -1.53. The predicted octanol–water partition coefficient (Wildman–Crippen LogP) is 4.22. The highest BCUT2D eigenvalue weighted by molar-refractivity contribution is 6.13. The number of carbonyl (C=O) groups excluding carboxylic acids is 2. The van der Waals surface area contributed by atoms with Gasteiger partial charge in [0, 0.05) is 5.56 Å². The van der Waals surface area contributed by atoms with Crippen molar-refractivity contribution >= 4 is 17.4 Å². The van der Waals surface area contributed by atoms with Crippen LogP contribution in [-0.4, -0.2) is 11.7 Å². The lowest BCUT2D eigenvalue weighted by Crippen LogP contribution is -2.25. The van der Waals surface area contributed by atoms with Gasteiger partial charge in [-0.15, -0.1) is 5.12 Å². The molecule has 0 atom stereocenters. The Kier molecular flexibility index (Phi) is 5.08. The molecule has 1 amide bonds. The number of amides is 1. The first-order valence-electron chi connectivity index (χ1n) is 6.44. The molecule has 0 aromatic heterocycles. The van der Waals surface area contributed by atoms with E-state index in [9.17, 15) is 31.6 Å². The Bertz CT molecular complexity index is 820. The maximum Gasteiger partial charge on any atom is 0.318 e. The third kappa shape index (κ3) is 3.32. The van der Waals surface area contributed by atoms with E-state index >= 15 is 0 Å². The van der Waals surface area contributed by atoms with Crippen molar-refractivity contribution in [1.29, 1.82) is 0 Å². The lowest BCUT2D eigenvalue weighted by molar-refractivity contribution is -0.119. The molecular formula is C16H8F5NO2. The van der Waals surface area contributed by atoms with E-state index in [0.29, 0.717) is 12.1 Å². The summed E-state index contributed by atoms with van der Waals surface area (Å²) in [4.78, 5) is 23.2. The van der Waals surface area contributed by atoms with Gasteiger partial charge in [-0.3, -0.25) is 9.59 Å². The molecule has 0 spiro atoms. The lowest BCUT2D eigenvalue weighted by Gasteiger charge is -2.12. The molecule has 0 saturated heterocycles. The topological polar surface area (TPSA) is 37.4 Å². The maximum atomic E-state index is 13.8. The van der Waals surface area contributed by atoms with Crippen molar-refractivity contribution in [3.63, 3.8) is 0 Å². The normalized spacial score (nSPS) is 11.7. The quantitative estimate of drug-likeness (QED) is 0.361. The van der Waals surface area contributed by atoms with Gasteiger partial charge in [0.05, 0.1) is 0 Å². The van der Waals surface area contributed by atoms with Gasteiger partial charge in [0.25, 0.3) is 0 Å². The van der Waals surface area contributed by atoms with Crippen molar-refractivity contribution in [3.8, 4) is 0 Å². The zero-order chi connectivity index (χ0) is 17.9. The molecule has 0 radical (unpaired) electrons. The summed E-state index contributed by atoms with van der Waals surface area (Å²) >= 11 is 0. The molecule has 0 aliphatic carbocycles. The molecule has 3 nitrogen and oxygen atoms in total. The standard InChI is InChI=1S/C16H8F5NO2/c17-10-7-4-8-11(12(10)18)22(21)16(24)14(20)13(19)15(23)9-5-2-1-3-6-9/h1-8H. The molecule has 0 saturated carbocycles. The summed E-state index contributed by atoms with van der Waals surface area (Å²) in [6, 6.07) is 8.69. The van der Waals surface area contributed by atoms with Crippen LogP contribution in [-0.2, 0) is 4.79 Å². The van der Waals surface area contributed by atoms with Gasteiger partial charge in [-0.1, -0.05) is 40.9 Å². The molecule has 2 aromatic rings. The van der Waals surface area contributed by atoms with Gasteiger partial charge < -0.3 is 0 Å². The number of carbonyl (C=O) groups is 2. The second-order valence-corrected chi connectivity index (χ2v) is 4.48. The number of benzene rings is 2. The van der Waals surface area contributed by atoms with Crippen LogP contribution in [0.5, 0.6) is 0 Å². The van der Waals surface area contributed by atoms with Gasteiger partial charge in [-0.25, -0.2) is 8.78 Å². The number of ketones is 1. The minimum Gasteiger partial charge on any atom is -0.286 e. The Labute approximate surface area is 132 Å². The van der Waals surface area contributed by atoms with E-state index in [2.05, 4.69) is 0 Å². The summed E-state index contributed by atoms with van der Waals surface area (Å²) in [7, 11) is 0. The van der Waals surface area contributed by atoms with Gasteiger partial charge in [-0.2, -0.15) is 8.78 Å². The second-order valence-electron chi connectivity index (χ2n) is 4.48. The number of nitrogens with zero attached hydrogens (tertiary/aromatic N) is 1. The molecule has 0 aliphatic rings. The molecule has 0 unspecified atom stereocenters. The van der Waals surface area contributed by atoms with Gasteiger partial charge in [-0.05, 0) is 12.1 Å². The van der Waals surface area contributed by atoms with Crippen LogP contribution in [0.2, 0.25) is 0 Å². The Morgan fingerprint density at radius 3 is 2.08 bits per heavy atom. The molecule has 0 bridgehead atoms. The first kappa shape index (κ1) is 17.3. The van der Waals surface area contributed by atoms with Crippen LogP contribution in [0.1, 0.15) is 10.4 Å². The zero-order valence-electron chi connectivity index (χ0n) is 11.8. The fraction of sp³-hybridized carbons (Fsp3) is 0. The Morgan fingerprint density at radius 1 is 0.833 bits per heavy atom. The van der Waals surface area contributed by atoms with Gasteiger partial charge in [0.15, 0.2) is 11.6 Å². The summed E-state index contributed by atoms with van der Waals surface area (Å²) in [5.74, 6) is -11.5. The minimum atomic E-state index is -2.37. The van der Waals surface area contributed by atoms with Gasteiger partial charge in [0.2, 0.25) is 17.4 Å². The van der Waals surface area contributed by atoms with Crippen molar-refractivity contribution < 1.29 is 31.6 Å². The zero-order valence-corrected chi connectivity index (χ0v) is 11.8. The van der Waals surface area contributed by atoms with Crippen LogP contribution in [0.4, 0.5) is 27.7 Å². The first-order chi connectivity index (χ1) is 11.3. The fourth-order valence-corrected chi connectivity index (χ4v) is 1.75. The average Bonchev–Trinajstić information content (AvgIpc) is 2.61. The first-order valence-corrected chi connectivity index (χ1v) is 6.44. The number of Topliss-reactive ketones (excluding diaryl/α,β-unsaturated/α-hetero) is 1. The number of hydrogen-bond donors (Lipinski definition) is 0. The molecule has 24 heavy (non-hydrogen) atoms. The molecule has 2 aromatic carbocycles. The SMILES string of the molecule is O=C(C(F)=C(F)C(=O)N(F)c1cccc(F)c1F)c1ccccc1. The number of anilines is 1. The molecule has 2 rings (SSSR count). The van der Waals surface area contributed by atoms with E-state index in [4.69, 9.17) is 0 Å². The summed E-state index contributed by atoms with van der Waals surface area (Å²) in [6.45, 7) is 0. The van der Waals surface area contributed by atoms with E-state index in [1.165, 1.54) is 18.2 Å². The van der Waals surface area contributed by atoms with Crippen LogP contribution >= 0.6 is 0 Å². The molecule has 124 valence electrons. The monoisotopic (exact) mass is 341 g/mol. The number of halogens is 5. The predicted molar refractivity (Wildman–Crippen MR) is 75.0 cm³/mol. The Hall–Kier alpha value is -3.03. The smallest absolute Gasteiger partial charge is 0.286 e. The van der Waals surface area contributed by atoms with E-state index in [1.807, 2.05) is 0 Å². The average molecular weight is 341 g/mol. The maximum absolute atomic E-state index is 13.8. The third-order valence-electron chi connectivity index (χ3n) is 2.94. The molecule has 0 aliphatic heterocycles. The highest BCUT2D eigenvalue weighted by Gasteiger charge is 2.30. The van der Waals surface area contributed by atoms with Crippen molar-refractivity contribution in [1.82, 2.24) is 0 Å². The summed E-state index contributed by atoms with van der Waals surface area (Å²) in [5, 5.41) is -1.12. The molecular weight excluding hydrogens is 333 g/mol. The summed E-state index contributed by atoms with van der Waals surface area (Å²) < 4.78 is 67.6. The Morgan fingerprint density at radius 2 is 1.46 bits per heavy atom. The van der Waals surface area contributed by atoms with Crippen LogP contribution < -0.4 is 5.12 Å². The van der Waals surface area contributed by atoms with Crippen LogP contribution in [0, 0.1) is 11.6 Å². The Balaban J connectivity index is 2.34. The fourth-order valence-electron chi connectivity index (χ4n) is 1.75. The van der Waals surface area contributed by atoms with Gasteiger partial charge >= 0.3 is 5.91 Å². The molecule has 8 heteroatoms. The minimum absolute atomic E-state index is 0.278. The largest absolute Gasteiger partial charge is 0.318 e. The van der Waals surface area contributed by atoms with Crippen molar-refractivity contribution in [3.05, 3.63) is 77.4 Å². The van der Waals surface area contributed by atoms with Crippen LogP contribution in [0.15, 0.2) is 60.2 Å². The van der Waals surface area contributed by atoms with E-state index in [1.54, 1.807) is 0 Å². The highest BCUT2D eigenvalue weighted by atomic mass is 19.2. The van der Waals surface area contributed by atoms with Crippen molar-refractivity contribution in [2.24, 2.45) is 0 Å². The molecule has 0 fully saturated rings. The number of hydrogen-bond acceptors (Lipinski definition) is 2. The second kappa shape index (κ2) is 7.03.